The normalized spacial score (nSPS) is 21.8. The Balaban J connectivity index is 2.26. The van der Waals surface area contributed by atoms with Crippen LogP contribution < -0.4 is 9.83 Å². The topological polar surface area (TPSA) is 46.5 Å². The second-order valence-corrected chi connectivity index (χ2v) is 7.75. The number of hydrogen-bond donors (Lipinski definition) is 1. The standard InChI is InChI=1S/C16H17O3P/c1-11(2)16(17)20(18)15-10-6-4-8-13(15)12-7-3-5-9-14(12)19-20/h3-11,16-17H,1-2H3. The van der Waals surface area contributed by atoms with Gasteiger partial charge in [-0.3, -0.25) is 4.57 Å². The Labute approximate surface area is 118 Å². The van der Waals surface area contributed by atoms with Crippen molar-refractivity contribution in [2.75, 3.05) is 0 Å². The first-order valence-corrected chi connectivity index (χ1v) is 8.40. The van der Waals surface area contributed by atoms with Gasteiger partial charge in [0.15, 0.2) is 0 Å². The third-order valence-corrected chi connectivity index (χ3v) is 6.42. The number of aliphatic hydroxyl groups excluding tert-OH is 1. The summed E-state index contributed by atoms with van der Waals surface area (Å²) in [5.74, 6) is -0.564. The van der Waals surface area contributed by atoms with Crippen LogP contribution in [0.25, 0.3) is 11.1 Å². The lowest BCUT2D eigenvalue weighted by molar-refractivity contribution is 0.187. The lowest BCUT2D eigenvalue weighted by Gasteiger charge is -2.32. The molecule has 2 unspecified atom stereocenters. The predicted molar refractivity (Wildman–Crippen MR) is 80.6 cm³/mol. The number of para-hydroxylation sites is 1. The highest BCUT2D eigenvalue weighted by atomic mass is 31.2. The highest BCUT2D eigenvalue weighted by Crippen LogP contribution is 2.58. The zero-order valence-electron chi connectivity index (χ0n) is 11.5. The summed E-state index contributed by atoms with van der Waals surface area (Å²) in [7, 11) is -3.33. The quantitative estimate of drug-likeness (QED) is 0.858. The molecule has 1 N–H and O–H groups in total. The Morgan fingerprint density at radius 2 is 1.60 bits per heavy atom. The van der Waals surface area contributed by atoms with E-state index in [0.29, 0.717) is 11.1 Å². The van der Waals surface area contributed by atoms with E-state index in [2.05, 4.69) is 0 Å². The van der Waals surface area contributed by atoms with Gasteiger partial charge in [0, 0.05) is 5.56 Å². The molecular weight excluding hydrogens is 271 g/mol. The molecule has 0 amide bonds. The second kappa shape index (κ2) is 4.76. The van der Waals surface area contributed by atoms with Gasteiger partial charge in [-0.05, 0) is 23.6 Å². The van der Waals surface area contributed by atoms with Gasteiger partial charge in [0.1, 0.15) is 11.6 Å². The summed E-state index contributed by atoms with van der Waals surface area (Å²) in [5, 5.41) is 11.0. The highest BCUT2D eigenvalue weighted by Gasteiger charge is 2.43. The molecule has 104 valence electrons. The molecular formula is C16H17O3P. The smallest absolute Gasteiger partial charge is 0.305 e. The van der Waals surface area contributed by atoms with Crippen molar-refractivity contribution < 1.29 is 14.2 Å². The Bertz CT molecular complexity index is 694. The first-order valence-electron chi connectivity index (χ1n) is 6.70. The van der Waals surface area contributed by atoms with Crippen LogP contribution in [0.2, 0.25) is 0 Å². The van der Waals surface area contributed by atoms with Crippen LogP contribution in [0, 0.1) is 5.92 Å². The predicted octanol–water partition coefficient (Wildman–Crippen LogP) is 3.62. The summed E-state index contributed by atoms with van der Waals surface area (Å²) in [6.45, 7) is 3.69. The summed E-state index contributed by atoms with van der Waals surface area (Å²) in [4.78, 5) is 0. The van der Waals surface area contributed by atoms with Gasteiger partial charge in [-0.2, -0.15) is 0 Å². The Morgan fingerprint density at radius 1 is 1.00 bits per heavy atom. The molecule has 0 fully saturated rings. The largest absolute Gasteiger partial charge is 0.438 e. The van der Waals surface area contributed by atoms with E-state index in [9.17, 15) is 9.67 Å². The molecule has 0 bridgehead atoms. The van der Waals surface area contributed by atoms with Crippen molar-refractivity contribution in [1.29, 1.82) is 0 Å². The fourth-order valence-electron chi connectivity index (χ4n) is 2.53. The summed E-state index contributed by atoms with van der Waals surface area (Å²) in [6.07, 6.45) is 0. The van der Waals surface area contributed by atoms with Crippen molar-refractivity contribution in [3.63, 3.8) is 0 Å². The van der Waals surface area contributed by atoms with Gasteiger partial charge < -0.3 is 9.63 Å². The average Bonchev–Trinajstić information content (AvgIpc) is 2.46. The molecule has 1 aliphatic heterocycles. The van der Waals surface area contributed by atoms with E-state index in [-0.39, 0.29) is 5.92 Å². The molecule has 1 aliphatic rings. The molecule has 0 saturated heterocycles. The van der Waals surface area contributed by atoms with E-state index in [1.54, 1.807) is 12.1 Å². The van der Waals surface area contributed by atoms with Gasteiger partial charge in [0.05, 0.1) is 5.30 Å². The molecule has 4 heteroatoms. The maximum atomic E-state index is 13.3. The fraction of sp³-hybridized carbons (Fsp3) is 0.250. The Morgan fingerprint density at radius 3 is 2.30 bits per heavy atom. The maximum Gasteiger partial charge on any atom is 0.305 e. The first-order chi connectivity index (χ1) is 9.54. The molecule has 2 aromatic rings. The molecule has 1 heterocycles. The van der Waals surface area contributed by atoms with Gasteiger partial charge >= 0.3 is 7.37 Å². The van der Waals surface area contributed by atoms with Crippen molar-refractivity contribution >= 4 is 12.7 Å². The molecule has 0 aromatic heterocycles. The van der Waals surface area contributed by atoms with Gasteiger partial charge in [-0.1, -0.05) is 50.2 Å². The third-order valence-electron chi connectivity index (χ3n) is 3.60. The molecule has 2 atom stereocenters. The van der Waals surface area contributed by atoms with Crippen LogP contribution in [-0.2, 0) is 4.57 Å². The first kappa shape index (κ1) is 13.4. The van der Waals surface area contributed by atoms with Crippen LogP contribution >= 0.6 is 7.37 Å². The fourth-order valence-corrected chi connectivity index (χ4v) is 5.08. The zero-order valence-corrected chi connectivity index (χ0v) is 12.4. The summed E-state index contributed by atoms with van der Waals surface area (Å²) < 4.78 is 19.1. The van der Waals surface area contributed by atoms with Gasteiger partial charge in [0.25, 0.3) is 0 Å². The minimum atomic E-state index is -3.33. The van der Waals surface area contributed by atoms with Crippen LogP contribution in [0.4, 0.5) is 0 Å². The minimum absolute atomic E-state index is 0.140. The Hall–Kier alpha value is -1.57. The van der Waals surface area contributed by atoms with Gasteiger partial charge in [-0.15, -0.1) is 0 Å². The molecule has 0 saturated carbocycles. The lowest BCUT2D eigenvalue weighted by Crippen LogP contribution is -2.29. The van der Waals surface area contributed by atoms with Crippen LogP contribution in [0.15, 0.2) is 48.5 Å². The molecule has 3 rings (SSSR count). The van der Waals surface area contributed by atoms with Crippen molar-refractivity contribution in [1.82, 2.24) is 0 Å². The highest BCUT2D eigenvalue weighted by molar-refractivity contribution is 7.68. The van der Waals surface area contributed by atoms with Crippen LogP contribution in [0.3, 0.4) is 0 Å². The second-order valence-electron chi connectivity index (χ2n) is 5.36. The SMILES string of the molecule is CC(C)C(O)P1(=O)Oc2ccccc2-c2ccccc21. The van der Waals surface area contributed by atoms with E-state index < -0.39 is 13.2 Å². The summed E-state index contributed by atoms with van der Waals surface area (Å²) in [6, 6.07) is 15.0. The number of benzene rings is 2. The number of fused-ring (bicyclic) bond motifs is 3. The van der Waals surface area contributed by atoms with Gasteiger partial charge in [-0.25, -0.2) is 0 Å². The molecule has 2 aromatic carbocycles. The molecule has 0 aliphatic carbocycles. The molecule has 0 radical (unpaired) electrons. The van der Waals surface area contributed by atoms with Crippen LogP contribution in [0.5, 0.6) is 5.75 Å². The van der Waals surface area contributed by atoms with E-state index >= 15 is 0 Å². The lowest BCUT2D eigenvalue weighted by atomic mass is 10.0. The zero-order chi connectivity index (χ0) is 14.3. The molecule has 3 nitrogen and oxygen atoms in total. The van der Waals surface area contributed by atoms with E-state index in [4.69, 9.17) is 4.52 Å². The van der Waals surface area contributed by atoms with Crippen molar-refractivity contribution in [2.45, 2.75) is 19.7 Å². The minimum Gasteiger partial charge on any atom is -0.438 e. The maximum absolute atomic E-state index is 13.3. The number of hydrogen-bond acceptors (Lipinski definition) is 3. The summed E-state index contributed by atoms with van der Waals surface area (Å²) >= 11 is 0. The summed E-state index contributed by atoms with van der Waals surface area (Å²) in [5.41, 5.74) is 1.81. The van der Waals surface area contributed by atoms with Crippen LogP contribution in [-0.4, -0.2) is 11.0 Å². The van der Waals surface area contributed by atoms with Crippen molar-refractivity contribution in [2.24, 2.45) is 5.92 Å². The number of rotatable bonds is 2. The third kappa shape index (κ3) is 1.90. The van der Waals surface area contributed by atoms with Gasteiger partial charge in [0.2, 0.25) is 0 Å². The van der Waals surface area contributed by atoms with E-state index in [1.165, 1.54) is 0 Å². The number of aliphatic hydroxyl groups is 1. The van der Waals surface area contributed by atoms with Crippen molar-refractivity contribution in [3.05, 3.63) is 48.5 Å². The monoisotopic (exact) mass is 288 g/mol. The van der Waals surface area contributed by atoms with Crippen molar-refractivity contribution in [3.8, 4) is 16.9 Å². The average molecular weight is 288 g/mol. The Kier molecular flexibility index (Phi) is 3.19. The molecule has 0 spiro atoms. The van der Waals surface area contributed by atoms with E-state index in [1.807, 2.05) is 50.2 Å². The van der Waals surface area contributed by atoms with Crippen LogP contribution in [0.1, 0.15) is 13.8 Å². The molecule has 20 heavy (non-hydrogen) atoms. The van der Waals surface area contributed by atoms with E-state index in [0.717, 1.165) is 11.1 Å².